The van der Waals surface area contributed by atoms with Gasteiger partial charge in [0.05, 0.1) is 6.61 Å². The third kappa shape index (κ3) is 6.05. The summed E-state index contributed by atoms with van der Waals surface area (Å²) < 4.78 is 4.42. The molecule has 0 heterocycles. The van der Waals surface area contributed by atoms with Crippen LogP contribution in [0.4, 0.5) is 0 Å². The van der Waals surface area contributed by atoms with E-state index in [1.165, 1.54) is 7.11 Å². The number of carbonyl (C=O) groups excluding carboxylic acids is 1. The number of aliphatic hydroxyl groups is 2. The van der Waals surface area contributed by atoms with Crippen LogP contribution in [0, 0.1) is 0 Å². The van der Waals surface area contributed by atoms with Crippen molar-refractivity contribution in [1.82, 2.24) is 0 Å². The van der Waals surface area contributed by atoms with Crippen molar-refractivity contribution >= 4 is 5.97 Å². The molecule has 0 aromatic rings. The first-order valence-corrected chi connectivity index (χ1v) is 3.30. The molecule has 0 amide bonds. The van der Waals surface area contributed by atoms with Crippen molar-refractivity contribution in [3.05, 3.63) is 0 Å². The molecule has 0 aliphatic rings. The van der Waals surface area contributed by atoms with E-state index in [1.807, 2.05) is 0 Å². The van der Waals surface area contributed by atoms with E-state index in [-0.39, 0.29) is 13.2 Å². The van der Waals surface area contributed by atoms with Crippen LogP contribution >= 0.6 is 0 Å². The van der Waals surface area contributed by atoms with Gasteiger partial charge in [-0.3, -0.25) is 4.89 Å². The van der Waals surface area contributed by atoms with Gasteiger partial charge in [0, 0.05) is 7.11 Å². The minimum absolute atomic E-state index is 0.213. The topological polar surface area (TPSA) is 85.2 Å². The average molecular weight is 180 g/mol. The number of ether oxygens (including phenoxy) is 1. The summed E-state index contributed by atoms with van der Waals surface area (Å²) in [5.74, 6) is -0.692. The van der Waals surface area contributed by atoms with Gasteiger partial charge >= 0.3 is 5.97 Å². The Balaban J connectivity index is 3.24. The molecule has 72 valence electrons. The fourth-order valence-electron chi connectivity index (χ4n) is 0.373. The number of methoxy groups -OCH3 is 1. The highest BCUT2D eigenvalue weighted by molar-refractivity contribution is 5.69. The fourth-order valence-corrected chi connectivity index (χ4v) is 0.373. The molecule has 1 atom stereocenters. The lowest BCUT2D eigenvalue weighted by Crippen LogP contribution is -2.21. The van der Waals surface area contributed by atoms with Gasteiger partial charge in [-0.15, -0.1) is 0 Å². The average Bonchev–Trinajstić information content (AvgIpc) is 2.04. The molecule has 0 spiro atoms. The summed E-state index contributed by atoms with van der Waals surface area (Å²) in [7, 11) is 1.34. The molecule has 0 rings (SSSR count). The molecule has 0 aliphatic carbocycles. The first-order chi connectivity index (χ1) is 5.70. The summed E-state index contributed by atoms with van der Waals surface area (Å²) in [4.78, 5) is 18.9. The summed E-state index contributed by atoms with van der Waals surface area (Å²) in [6.45, 7) is -0.914. The zero-order valence-electron chi connectivity index (χ0n) is 6.73. The van der Waals surface area contributed by atoms with Crippen LogP contribution in [0.15, 0.2) is 0 Å². The third-order valence-electron chi connectivity index (χ3n) is 0.885. The van der Waals surface area contributed by atoms with Gasteiger partial charge in [-0.2, -0.15) is 4.89 Å². The Labute approximate surface area is 69.6 Å². The highest BCUT2D eigenvalue weighted by Crippen LogP contribution is 1.86. The first-order valence-electron chi connectivity index (χ1n) is 3.30. The molecule has 0 fully saturated rings. The quantitative estimate of drug-likeness (QED) is 0.380. The maximum Gasteiger partial charge on any atom is 0.367 e. The van der Waals surface area contributed by atoms with Gasteiger partial charge in [0.2, 0.25) is 0 Å². The van der Waals surface area contributed by atoms with E-state index < -0.39 is 18.7 Å². The number of hydrogen-bond acceptors (Lipinski definition) is 6. The number of carbonyl (C=O) groups is 1. The highest BCUT2D eigenvalue weighted by atomic mass is 17.2. The van der Waals surface area contributed by atoms with Gasteiger partial charge < -0.3 is 14.9 Å². The lowest BCUT2D eigenvalue weighted by molar-refractivity contribution is -0.284. The van der Waals surface area contributed by atoms with E-state index >= 15 is 0 Å². The Kier molecular flexibility index (Phi) is 6.58. The smallest absolute Gasteiger partial charge is 0.367 e. The lowest BCUT2D eigenvalue weighted by atomic mass is 10.4. The second-order valence-corrected chi connectivity index (χ2v) is 2.01. The minimum atomic E-state index is -1.04. The van der Waals surface area contributed by atoms with E-state index in [1.54, 1.807) is 0 Å². The predicted octanol–water partition coefficient (Wildman–Crippen LogP) is -1.54. The number of rotatable bonds is 6. The van der Waals surface area contributed by atoms with Gasteiger partial charge in [-0.25, -0.2) is 4.79 Å². The van der Waals surface area contributed by atoms with Crippen LogP contribution in [0.2, 0.25) is 0 Å². The van der Waals surface area contributed by atoms with Crippen molar-refractivity contribution in [1.29, 1.82) is 0 Å². The molecule has 12 heavy (non-hydrogen) atoms. The molecule has 0 bridgehead atoms. The summed E-state index contributed by atoms with van der Waals surface area (Å²) in [6, 6.07) is 0. The van der Waals surface area contributed by atoms with Crippen molar-refractivity contribution < 1.29 is 29.5 Å². The Morgan fingerprint density at radius 1 is 1.58 bits per heavy atom. The monoisotopic (exact) mass is 180 g/mol. The summed E-state index contributed by atoms with van der Waals surface area (Å²) in [6.07, 6.45) is -1.04. The normalized spacial score (nSPS) is 12.6. The van der Waals surface area contributed by atoms with Crippen LogP contribution in [0.3, 0.4) is 0 Å². The molecule has 0 aromatic heterocycles. The van der Waals surface area contributed by atoms with Crippen molar-refractivity contribution in [2.24, 2.45) is 0 Å². The molecule has 6 heteroatoms. The van der Waals surface area contributed by atoms with Crippen LogP contribution in [0.25, 0.3) is 0 Å². The van der Waals surface area contributed by atoms with E-state index in [0.717, 1.165) is 0 Å². The van der Waals surface area contributed by atoms with Crippen molar-refractivity contribution in [2.75, 3.05) is 26.9 Å². The Bertz CT molecular complexity index is 125. The first kappa shape index (κ1) is 11.3. The van der Waals surface area contributed by atoms with E-state index in [2.05, 4.69) is 14.5 Å². The van der Waals surface area contributed by atoms with Crippen molar-refractivity contribution in [2.45, 2.75) is 6.10 Å². The van der Waals surface area contributed by atoms with Crippen LogP contribution in [0.5, 0.6) is 0 Å². The molecule has 0 saturated heterocycles. The maximum atomic E-state index is 10.5. The fraction of sp³-hybridized carbons (Fsp3) is 0.833. The van der Waals surface area contributed by atoms with Gasteiger partial charge in [-0.05, 0) is 0 Å². The Morgan fingerprint density at radius 2 is 2.25 bits per heavy atom. The minimum Gasteiger partial charge on any atom is -0.394 e. The molecule has 0 aliphatic heterocycles. The summed E-state index contributed by atoms with van der Waals surface area (Å²) in [5, 5.41) is 17.0. The zero-order valence-corrected chi connectivity index (χ0v) is 6.73. The lowest BCUT2D eigenvalue weighted by Gasteiger charge is -2.06. The zero-order chi connectivity index (χ0) is 9.40. The SMILES string of the molecule is COCC(=O)OOCC(O)CO. The highest BCUT2D eigenvalue weighted by Gasteiger charge is 2.06. The van der Waals surface area contributed by atoms with Crippen LogP contribution < -0.4 is 0 Å². The Morgan fingerprint density at radius 3 is 2.75 bits per heavy atom. The molecule has 6 nitrogen and oxygen atoms in total. The van der Waals surface area contributed by atoms with Crippen LogP contribution in [-0.4, -0.2) is 49.2 Å². The molecule has 0 radical (unpaired) electrons. The maximum absolute atomic E-state index is 10.5. The molecule has 0 aromatic carbocycles. The van der Waals surface area contributed by atoms with E-state index in [0.29, 0.717) is 0 Å². The number of hydrogen-bond donors (Lipinski definition) is 2. The van der Waals surface area contributed by atoms with Crippen LogP contribution in [0.1, 0.15) is 0 Å². The molecular formula is C6H12O6. The standard InChI is InChI=1S/C6H12O6/c1-10-4-6(9)12-11-3-5(8)2-7/h5,7-8H,2-4H2,1H3. The van der Waals surface area contributed by atoms with E-state index in [4.69, 9.17) is 10.2 Å². The van der Waals surface area contributed by atoms with Crippen molar-refractivity contribution in [3.63, 3.8) is 0 Å². The van der Waals surface area contributed by atoms with Gasteiger partial charge in [-0.1, -0.05) is 0 Å². The molecule has 0 saturated carbocycles. The van der Waals surface area contributed by atoms with Gasteiger partial charge in [0.25, 0.3) is 0 Å². The summed E-state index contributed by atoms with van der Waals surface area (Å²) in [5.41, 5.74) is 0. The van der Waals surface area contributed by atoms with Gasteiger partial charge in [0.1, 0.15) is 19.3 Å². The largest absolute Gasteiger partial charge is 0.394 e. The van der Waals surface area contributed by atoms with Gasteiger partial charge in [0.15, 0.2) is 0 Å². The molecular weight excluding hydrogens is 168 g/mol. The number of aliphatic hydroxyl groups excluding tert-OH is 2. The molecule has 2 N–H and O–H groups in total. The van der Waals surface area contributed by atoms with Crippen LogP contribution in [-0.2, 0) is 19.3 Å². The predicted molar refractivity (Wildman–Crippen MR) is 37.0 cm³/mol. The third-order valence-corrected chi connectivity index (χ3v) is 0.885. The molecule has 1 unspecified atom stereocenters. The second-order valence-electron chi connectivity index (χ2n) is 2.01. The van der Waals surface area contributed by atoms with Crippen molar-refractivity contribution in [3.8, 4) is 0 Å². The van der Waals surface area contributed by atoms with E-state index in [9.17, 15) is 4.79 Å². The Hall–Kier alpha value is -0.690. The summed E-state index contributed by atoms with van der Waals surface area (Å²) >= 11 is 0. The second kappa shape index (κ2) is 6.99.